The number of aromatic nitrogens is 1. The van der Waals surface area contributed by atoms with Crippen molar-refractivity contribution in [2.45, 2.75) is 0 Å². The third kappa shape index (κ3) is 2.40. The molecule has 1 aliphatic rings. The Bertz CT molecular complexity index is 602. The molecule has 2 N–H and O–H groups in total. The first-order valence-electron chi connectivity index (χ1n) is 6.65. The van der Waals surface area contributed by atoms with E-state index < -0.39 is 5.91 Å². The molecule has 5 nitrogen and oxygen atoms in total. The summed E-state index contributed by atoms with van der Waals surface area (Å²) in [6.07, 6.45) is 3.88. The van der Waals surface area contributed by atoms with Crippen molar-refractivity contribution >= 4 is 11.6 Å². The Kier molecular flexibility index (Phi) is 3.43. The minimum atomic E-state index is -0.402. The molecular formula is C15H17N3O2. The number of nitrogens with two attached hydrogens (primary N) is 1. The Morgan fingerprint density at radius 3 is 2.50 bits per heavy atom. The van der Waals surface area contributed by atoms with Gasteiger partial charge in [-0.25, -0.2) is 0 Å². The first-order valence-corrected chi connectivity index (χ1v) is 6.65. The number of hydrogen-bond donors (Lipinski definition) is 1. The fraction of sp³-hybridized carbons (Fsp3) is 0.267. The zero-order valence-corrected chi connectivity index (χ0v) is 11.2. The number of anilines is 1. The zero-order chi connectivity index (χ0) is 13.9. The average Bonchev–Trinajstić information content (AvgIpc) is 3.02. The highest BCUT2D eigenvalue weighted by Crippen LogP contribution is 2.24. The predicted molar refractivity (Wildman–Crippen MR) is 77.3 cm³/mol. The molecule has 0 spiro atoms. The van der Waals surface area contributed by atoms with E-state index in [0.29, 0.717) is 18.8 Å². The Morgan fingerprint density at radius 2 is 1.85 bits per heavy atom. The van der Waals surface area contributed by atoms with Crippen molar-refractivity contribution in [3.63, 3.8) is 0 Å². The van der Waals surface area contributed by atoms with E-state index >= 15 is 0 Å². The fourth-order valence-corrected chi connectivity index (χ4v) is 2.47. The number of hydrogen-bond acceptors (Lipinski definition) is 3. The van der Waals surface area contributed by atoms with Crippen LogP contribution in [0.3, 0.4) is 0 Å². The van der Waals surface area contributed by atoms with E-state index in [9.17, 15) is 4.79 Å². The van der Waals surface area contributed by atoms with Gasteiger partial charge in [-0.3, -0.25) is 4.79 Å². The molecule has 0 aliphatic carbocycles. The molecule has 1 fully saturated rings. The molecule has 0 atom stereocenters. The third-order valence-electron chi connectivity index (χ3n) is 3.50. The Morgan fingerprint density at radius 1 is 1.15 bits per heavy atom. The van der Waals surface area contributed by atoms with Gasteiger partial charge in [0.05, 0.1) is 18.8 Å². The third-order valence-corrected chi connectivity index (χ3v) is 3.50. The van der Waals surface area contributed by atoms with Crippen molar-refractivity contribution in [1.29, 1.82) is 0 Å². The van der Waals surface area contributed by atoms with Gasteiger partial charge in [0.25, 0.3) is 5.91 Å². The number of carbonyl (C=O) groups is 1. The molecular weight excluding hydrogens is 254 g/mol. The maximum Gasteiger partial charge on any atom is 0.250 e. The van der Waals surface area contributed by atoms with Gasteiger partial charge in [-0.1, -0.05) is 0 Å². The summed E-state index contributed by atoms with van der Waals surface area (Å²) < 4.78 is 7.30. The van der Waals surface area contributed by atoms with Gasteiger partial charge in [-0.2, -0.15) is 0 Å². The van der Waals surface area contributed by atoms with Crippen molar-refractivity contribution < 1.29 is 9.53 Å². The van der Waals surface area contributed by atoms with Crippen LogP contribution in [0.1, 0.15) is 10.4 Å². The molecule has 0 unspecified atom stereocenters. The second-order valence-corrected chi connectivity index (χ2v) is 4.76. The molecule has 0 bridgehead atoms. The lowest BCUT2D eigenvalue weighted by molar-refractivity contribution is 0.0998. The summed E-state index contributed by atoms with van der Waals surface area (Å²) in [6.45, 7) is 2.92. The zero-order valence-electron chi connectivity index (χ0n) is 11.2. The molecule has 2 heterocycles. The van der Waals surface area contributed by atoms with E-state index in [-0.39, 0.29) is 0 Å². The highest BCUT2D eigenvalue weighted by Gasteiger charge is 2.18. The molecule has 20 heavy (non-hydrogen) atoms. The van der Waals surface area contributed by atoms with Gasteiger partial charge in [0.1, 0.15) is 0 Å². The van der Waals surface area contributed by atoms with Crippen molar-refractivity contribution in [2.24, 2.45) is 5.73 Å². The number of morpholine rings is 1. The van der Waals surface area contributed by atoms with Crippen LogP contribution < -0.4 is 10.6 Å². The minimum absolute atomic E-state index is 0.402. The summed E-state index contributed by atoms with van der Waals surface area (Å²) in [7, 11) is 0. The highest BCUT2D eigenvalue weighted by atomic mass is 16.5. The van der Waals surface area contributed by atoms with Crippen molar-refractivity contribution in [1.82, 2.24) is 4.57 Å². The molecule has 1 amide bonds. The van der Waals surface area contributed by atoms with E-state index in [4.69, 9.17) is 10.5 Å². The summed E-state index contributed by atoms with van der Waals surface area (Å²) in [5.41, 5.74) is 7.91. The Balaban J connectivity index is 2.00. The van der Waals surface area contributed by atoms with Gasteiger partial charge < -0.3 is 19.9 Å². The number of nitrogens with zero attached hydrogens (tertiary/aromatic N) is 2. The quantitative estimate of drug-likeness (QED) is 0.918. The van der Waals surface area contributed by atoms with E-state index in [2.05, 4.69) is 4.90 Å². The predicted octanol–water partition coefficient (Wildman–Crippen LogP) is 1.41. The minimum Gasteiger partial charge on any atom is -0.378 e. The van der Waals surface area contributed by atoms with Crippen LogP contribution in [0, 0.1) is 0 Å². The van der Waals surface area contributed by atoms with E-state index in [1.165, 1.54) is 0 Å². The van der Waals surface area contributed by atoms with E-state index in [1.54, 1.807) is 0 Å². The summed E-state index contributed by atoms with van der Waals surface area (Å²) in [4.78, 5) is 13.9. The van der Waals surface area contributed by atoms with Crippen LogP contribution in [0.25, 0.3) is 5.69 Å². The lowest BCUT2D eigenvalue weighted by atomic mass is 10.1. The van der Waals surface area contributed by atoms with Crippen LogP contribution in [-0.4, -0.2) is 36.8 Å². The monoisotopic (exact) mass is 271 g/mol. The normalized spacial score (nSPS) is 15.3. The Hall–Kier alpha value is -2.27. The first kappa shape index (κ1) is 12.7. The van der Waals surface area contributed by atoms with Crippen LogP contribution in [0.15, 0.2) is 42.7 Å². The van der Waals surface area contributed by atoms with Gasteiger partial charge in [0.15, 0.2) is 0 Å². The number of benzene rings is 1. The van der Waals surface area contributed by atoms with Gasteiger partial charge in [-0.15, -0.1) is 0 Å². The van der Waals surface area contributed by atoms with Crippen molar-refractivity contribution in [3.8, 4) is 5.69 Å². The molecule has 1 aromatic heterocycles. The van der Waals surface area contributed by atoms with Gasteiger partial charge in [0.2, 0.25) is 0 Å². The van der Waals surface area contributed by atoms with Gasteiger partial charge in [-0.05, 0) is 30.3 Å². The maximum absolute atomic E-state index is 11.7. The number of primary amides is 1. The van der Waals surface area contributed by atoms with E-state index in [0.717, 1.165) is 24.5 Å². The largest absolute Gasteiger partial charge is 0.378 e. The molecule has 1 saturated heterocycles. The van der Waals surface area contributed by atoms with Crippen molar-refractivity contribution in [3.05, 3.63) is 48.3 Å². The molecule has 5 heteroatoms. The van der Waals surface area contributed by atoms with Crippen LogP contribution in [0.4, 0.5) is 5.69 Å². The second kappa shape index (κ2) is 5.38. The molecule has 2 aromatic rings. The number of carbonyl (C=O) groups excluding carboxylic acids is 1. The Labute approximate surface area is 117 Å². The fourth-order valence-electron chi connectivity index (χ4n) is 2.47. The SMILES string of the molecule is NC(=O)c1cc(-n2cccc2)ccc1N1CCOCC1. The van der Waals surface area contributed by atoms with Crippen LogP contribution in [-0.2, 0) is 4.74 Å². The lowest BCUT2D eigenvalue weighted by Gasteiger charge is -2.30. The molecule has 104 valence electrons. The first-order chi connectivity index (χ1) is 9.75. The molecule has 3 rings (SSSR count). The van der Waals surface area contributed by atoms with Gasteiger partial charge in [0, 0.05) is 36.9 Å². The van der Waals surface area contributed by atoms with Crippen molar-refractivity contribution in [2.75, 3.05) is 31.2 Å². The van der Waals surface area contributed by atoms with Crippen LogP contribution >= 0.6 is 0 Å². The summed E-state index contributed by atoms with van der Waals surface area (Å²) in [6, 6.07) is 9.69. The van der Waals surface area contributed by atoms with E-state index in [1.807, 2.05) is 47.3 Å². The highest BCUT2D eigenvalue weighted by molar-refractivity contribution is 5.99. The smallest absolute Gasteiger partial charge is 0.250 e. The molecule has 1 aromatic carbocycles. The topological polar surface area (TPSA) is 60.5 Å². The second-order valence-electron chi connectivity index (χ2n) is 4.76. The number of amides is 1. The summed E-state index contributed by atoms with van der Waals surface area (Å²) >= 11 is 0. The lowest BCUT2D eigenvalue weighted by Crippen LogP contribution is -2.37. The molecule has 0 saturated carbocycles. The summed E-state index contributed by atoms with van der Waals surface area (Å²) in [5, 5.41) is 0. The van der Waals surface area contributed by atoms with Crippen LogP contribution in [0.2, 0.25) is 0 Å². The maximum atomic E-state index is 11.7. The standard InChI is InChI=1S/C15H17N3O2/c16-15(19)13-11-12(17-5-1-2-6-17)3-4-14(13)18-7-9-20-10-8-18/h1-6,11H,7-10H2,(H2,16,19). The van der Waals surface area contributed by atoms with Gasteiger partial charge >= 0.3 is 0 Å². The number of rotatable bonds is 3. The summed E-state index contributed by atoms with van der Waals surface area (Å²) in [5.74, 6) is -0.402. The van der Waals surface area contributed by atoms with Crippen LogP contribution in [0.5, 0.6) is 0 Å². The molecule has 0 radical (unpaired) electrons. The number of ether oxygens (including phenoxy) is 1. The average molecular weight is 271 g/mol. The molecule has 1 aliphatic heterocycles.